The van der Waals surface area contributed by atoms with Gasteiger partial charge in [0.1, 0.15) is 18.5 Å². The van der Waals surface area contributed by atoms with Crippen molar-refractivity contribution in [3.63, 3.8) is 0 Å². The summed E-state index contributed by atoms with van der Waals surface area (Å²) in [5.74, 6) is 0.606. The highest BCUT2D eigenvalue weighted by Gasteiger charge is 2.26. The van der Waals surface area contributed by atoms with Crippen LogP contribution in [-0.4, -0.2) is 49.8 Å². The van der Waals surface area contributed by atoms with Crippen LogP contribution in [0.1, 0.15) is 5.56 Å². The Kier molecular flexibility index (Phi) is 8.54. The molecule has 0 radical (unpaired) electrons. The van der Waals surface area contributed by atoms with Crippen LogP contribution >= 0.6 is 12.4 Å². The Labute approximate surface area is 166 Å². The summed E-state index contributed by atoms with van der Waals surface area (Å²) in [6.07, 6.45) is -0.472. The predicted molar refractivity (Wildman–Crippen MR) is 108 cm³/mol. The van der Waals surface area contributed by atoms with Gasteiger partial charge in [0.2, 0.25) is 0 Å². The molecule has 0 saturated carbocycles. The lowest BCUT2D eigenvalue weighted by Crippen LogP contribution is -2.47. The fourth-order valence-corrected chi connectivity index (χ4v) is 2.88. The van der Waals surface area contributed by atoms with E-state index in [2.05, 4.69) is 22.3 Å². The molecule has 27 heavy (non-hydrogen) atoms. The molecule has 1 aliphatic rings. The van der Waals surface area contributed by atoms with Gasteiger partial charge in [-0.15, -0.1) is 12.4 Å². The fourth-order valence-electron chi connectivity index (χ4n) is 2.88. The lowest BCUT2D eigenvalue weighted by Gasteiger charge is -2.32. The van der Waals surface area contributed by atoms with Gasteiger partial charge < -0.3 is 20.5 Å². The van der Waals surface area contributed by atoms with Gasteiger partial charge in [0, 0.05) is 31.9 Å². The summed E-state index contributed by atoms with van der Waals surface area (Å²) in [6.45, 7) is 3.72. The number of hydrogen-bond donors (Lipinski definition) is 2. The van der Waals surface area contributed by atoms with E-state index in [1.165, 1.54) is 5.56 Å². The van der Waals surface area contributed by atoms with Crippen molar-refractivity contribution in [2.24, 2.45) is 5.73 Å². The lowest BCUT2D eigenvalue weighted by atomic mass is 10.2. The topological polar surface area (TPSA) is 76.8 Å². The average Bonchev–Trinajstić information content (AvgIpc) is 2.68. The van der Waals surface area contributed by atoms with Crippen LogP contribution < -0.4 is 15.8 Å². The van der Waals surface area contributed by atoms with Gasteiger partial charge in [-0.05, 0) is 29.8 Å². The zero-order valence-corrected chi connectivity index (χ0v) is 16.0. The van der Waals surface area contributed by atoms with Gasteiger partial charge in [0.15, 0.2) is 0 Å². The third kappa shape index (κ3) is 6.52. The molecule has 2 aromatic carbocycles. The van der Waals surface area contributed by atoms with E-state index in [4.69, 9.17) is 15.2 Å². The molecular weight excluding hydrogens is 366 g/mol. The minimum atomic E-state index is -0.472. The third-order valence-corrected chi connectivity index (χ3v) is 4.20. The highest BCUT2D eigenvalue weighted by atomic mass is 35.5. The maximum Gasteiger partial charge on any atom is 0.254 e. The van der Waals surface area contributed by atoms with Gasteiger partial charge in [-0.2, -0.15) is 0 Å². The average molecular weight is 392 g/mol. The lowest BCUT2D eigenvalue weighted by molar-refractivity contribution is -0.133. The third-order valence-electron chi connectivity index (χ3n) is 4.20. The first kappa shape index (κ1) is 21.2. The molecule has 1 heterocycles. The number of hydrogen-bond acceptors (Lipinski definition) is 5. The molecule has 1 atom stereocenters. The molecule has 2 aromatic rings. The zero-order chi connectivity index (χ0) is 18.2. The molecular formula is C20H26ClN3O3. The molecule has 0 spiro atoms. The molecule has 3 rings (SSSR count). The van der Waals surface area contributed by atoms with Crippen LogP contribution in [0.5, 0.6) is 5.75 Å². The first-order valence-electron chi connectivity index (χ1n) is 8.86. The number of carbonyl (C=O) groups excluding carboxylic acids is 1. The zero-order valence-electron chi connectivity index (χ0n) is 15.2. The van der Waals surface area contributed by atoms with Crippen LogP contribution in [0, 0.1) is 0 Å². The minimum absolute atomic E-state index is 0. The number of nitrogens with zero attached hydrogens (tertiary/aromatic N) is 1. The number of nitrogens with one attached hydrogen (secondary N) is 1. The van der Waals surface area contributed by atoms with Crippen molar-refractivity contribution in [1.82, 2.24) is 4.90 Å². The second-order valence-corrected chi connectivity index (χ2v) is 6.23. The summed E-state index contributed by atoms with van der Waals surface area (Å²) in [5.41, 5.74) is 7.37. The Bertz CT molecular complexity index is 697. The summed E-state index contributed by atoms with van der Waals surface area (Å²) in [5, 5.41) is 2.91. The summed E-state index contributed by atoms with van der Waals surface area (Å²) >= 11 is 0. The molecule has 6 nitrogen and oxygen atoms in total. The molecule has 146 valence electrons. The molecule has 1 unspecified atom stereocenters. The summed E-state index contributed by atoms with van der Waals surface area (Å²) in [7, 11) is 0. The number of carbonyl (C=O) groups is 1. The van der Waals surface area contributed by atoms with Crippen LogP contribution in [0.2, 0.25) is 0 Å². The Morgan fingerprint density at radius 2 is 1.93 bits per heavy atom. The van der Waals surface area contributed by atoms with Crippen molar-refractivity contribution >= 4 is 24.0 Å². The van der Waals surface area contributed by atoms with Crippen LogP contribution in [0.25, 0.3) is 0 Å². The highest BCUT2D eigenvalue weighted by molar-refractivity contribution is 5.94. The Morgan fingerprint density at radius 3 is 2.63 bits per heavy atom. The monoisotopic (exact) mass is 391 g/mol. The SMILES string of the molecule is Cl.NCCOc1ccc(NC(=O)C2CN(Cc3ccccc3)CCO2)cc1. The van der Waals surface area contributed by atoms with Crippen LogP contribution in [0.3, 0.4) is 0 Å². The number of nitrogens with two attached hydrogens (primary N) is 1. The molecule has 0 aliphatic carbocycles. The highest BCUT2D eigenvalue weighted by Crippen LogP contribution is 2.17. The van der Waals surface area contributed by atoms with Crippen molar-refractivity contribution < 1.29 is 14.3 Å². The van der Waals surface area contributed by atoms with E-state index in [-0.39, 0.29) is 18.3 Å². The van der Waals surface area contributed by atoms with Gasteiger partial charge >= 0.3 is 0 Å². The smallest absolute Gasteiger partial charge is 0.254 e. The van der Waals surface area contributed by atoms with Crippen molar-refractivity contribution in [3.8, 4) is 5.75 Å². The van der Waals surface area contributed by atoms with Gasteiger partial charge in [-0.1, -0.05) is 30.3 Å². The van der Waals surface area contributed by atoms with E-state index in [1.54, 1.807) is 0 Å². The van der Waals surface area contributed by atoms with Gasteiger partial charge in [-0.25, -0.2) is 0 Å². The number of halogens is 1. The Morgan fingerprint density at radius 1 is 1.19 bits per heavy atom. The molecule has 7 heteroatoms. The van der Waals surface area contributed by atoms with Gasteiger partial charge in [0.25, 0.3) is 5.91 Å². The molecule has 1 saturated heterocycles. The van der Waals surface area contributed by atoms with Gasteiger partial charge in [-0.3, -0.25) is 9.69 Å². The standard InChI is InChI=1S/C20H25N3O3.ClH/c21-10-12-25-18-8-6-17(7-9-18)22-20(24)19-15-23(11-13-26-19)14-16-4-2-1-3-5-16;/h1-9,19H,10-15,21H2,(H,22,24);1H. The molecule has 0 aromatic heterocycles. The quantitative estimate of drug-likeness (QED) is 0.757. The maximum absolute atomic E-state index is 12.5. The molecule has 3 N–H and O–H groups in total. The Hall–Kier alpha value is -2.12. The van der Waals surface area contributed by atoms with E-state index in [0.29, 0.717) is 26.3 Å². The predicted octanol–water partition coefficient (Wildman–Crippen LogP) is 2.29. The van der Waals surface area contributed by atoms with Crippen molar-refractivity contribution in [1.29, 1.82) is 0 Å². The van der Waals surface area contributed by atoms with E-state index in [0.717, 1.165) is 24.5 Å². The van der Waals surface area contributed by atoms with Gasteiger partial charge in [0.05, 0.1) is 6.61 Å². The number of benzene rings is 2. The second-order valence-electron chi connectivity index (χ2n) is 6.23. The summed E-state index contributed by atoms with van der Waals surface area (Å²) in [6, 6.07) is 17.5. The molecule has 1 aliphatic heterocycles. The Balaban J connectivity index is 0.00000261. The van der Waals surface area contributed by atoms with Crippen LogP contribution in [0.15, 0.2) is 54.6 Å². The molecule has 0 bridgehead atoms. The number of anilines is 1. The minimum Gasteiger partial charge on any atom is -0.492 e. The fraction of sp³-hybridized carbons (Fsp3) is 0.350. The largest absolute Gasteiger partial charge is 0.492 e. The van der Waals surface area contributed by atoms with E-state index in [1.807, 2.05) is 42.5 Å². The number of amides is 1. The first-order chi connectivity index (χ1) is 12.7. The molecule has 1 amide bonds. The number of morpholine rings is 1. The summed E-state index contributed by atoms with van der Waals surface area (Å²) < 4.78 is 11.1. The van der Waals surface area contributed by atoms with Crippen molar-refractivity contribution in [3.05, 3.63) is 60.2 Å². The first-order valence-corrected chi connectivity index (χ1v) is 8.86. The summed E-state index contributed by atoms with van der Waals surface area (Å²) in [4.78, 5) is 14.8. The van der Waals surface area contributed by atoms with E-state index < -0.39 is 6.10 Å². The van der Waals surface area contributed by atoms with E-state index in [9.17, 15) is 4.79 Å². The van der Waals surface area contributed by atoms with E-state index >= 15 is 0 Å². The maximum atomic E-state index is 12.5. The van der Waals surface area contributed by atoms with Crippen LogP contribution in [-0.2, 0) is 16.1 Å². The van der Waals surface area contributed by atoms with Crippen molar-refractivity contribution in [2.75, 3.05) is 38.2 Å². The second kappa shape index (κ2) is 10.9. The normalized spacial score (nSPS) is 17.0. The number of rotatable bonds is 7. The molecule has 1 fully saturated rings. The van der Waals surface area contributed by atoms with Crippen LogP contribution in [0.4, 0.5) is 5.69 Å². The van der Waals surface area contributed by atoms with Crippen molar-refractivity contribution in [2.45, 2.75) is 12.6 Å². The number of ether oxygens (including phenoxy) is 2.